The summed E-state index contributed by atoms with van der Waals surface area (Å²) >= 11 is 0. The molecule has 7 nitrogen and oxygen atoms in total. The Balaban J connectivity index is 2.38. The zero-order valence-electron chi connectivity index (χ0n) is 12.4. The number of benzene rings is 1. The Morgan fingerprint density at radius 1 is 1.38 bits per heavy atom. The maximum absolute atomic E-state index is 12.6. The number of aromatic nitrogens is 3. The fraction of sp³-hybridized carbons (Fsp3) is 0.357. The SMILES string of the molecule is COn1c(C)c(C(=O)CN(C)C)c2c3nonc3ccc21. The van der Waals surface area contributed by atoms with Crippen molar-refractivity contribution in [3.63, 3.8) is 0 Å². The molecule has 3 rings (SSSR count). The lowest BCUT2D eigenvalue weighted by Gasteiger charge is -2.09. The second-order valence-electron chi connectivity index (χ2n) is 5.19. The normalized spacial score (nSPS) is 11.7. The van der Waals surface area contributed by atoms with E-state index in [0.717, 1.165) is 16.6 Å². The molecule has 2 heterocycles. The van der Waals surface area contributed by atoms with Crippen LogP contribution in [0.1, 0.15) is 16.1 Å². The number of carbonyl (C=O) groups excluding carboxylic acids is 1. The third-order valence-corrected chi connectivity index (χ3v) is 3.46. The van der Waals surface area contributed by atoms with E-state index in [-0.39, 0.29) is 5.78 Å². The molecule has 0 aliphatic rings. The smallest absolute Gasteiger partial charge is 0.179 e. The van der Waals surface area contributed by atoms with Crippen LogP contribution in [0.3, 0.4) is 0 Å². The monoisotopic (exact) mass is 288 g/mol. The third-order valence-electron chi connectivity index (χ3n) is 3.46. The van der Waals surface area contributed by atoms with Crippen molar-refractivity contribution < 1.29 is 14.3 Å². The second-order valence-corrected chi connectivity index (χ2v) is 5.19. The third kappa shape index (κ3) is 1.97. The minimum Gasteiger partial charge on any atom is -0.417 e. The second kappa shape index (κ2) is 4.85. The summed E-state index contributed by atoms with van der Waals surface area (Å²) in [5, 5.41) is 8.50. The summed E-state index contributed by atoms with van der Waals surface area (Å²) in [5.74, 6) is 0.00815. The Labute approximate surface area is 121 Å². The van der Waals surface area contributed by atoms with Crippen LogP contribution in [-0.4, -0.2) is 53.5 Å². The number of hydrogen-bond acceptors (Lipinski definition) is 6. The van der Waals surface area contributed by atoms with Crippen molar-refractivity contribution in [2.45, 2.75) is 6.92 Å². The maximum Gasteiger partial charge on any atom is 0.179 e. The topological polar surface area (TPSA) is 73.4 Å². The number of fused-ring (bicyclic) bond motifs is 3. The molecule has 0 N–H and O–H groups in total. The number of nitrogens with zero attached hydrogens (tertiary/aromatic N) is 4. The van der Waals surface area contributed by atoms with Crippen LogP contribution >= 0.6 is 0 Å². The first-order chi connectivity index (χ1) is 10.0. The zero-order valence-corrected chi connectivity index (χ0v) is 12.4. The van der Waals surface area contributed by atoms with Gasteiger partial charge in [0.15, 0.2) is 5.78 Å². The van der Waals surface area contributed by atoms with E-state index in [1.165, 1.54) is 0 Å². The Morgan fingerprint density at radius 3 is 2.81 bits per heavy atom. The predicted molar refractivity (Wildman–Crippen MR) is 77.4 cm³/mol. The van der Waals surface area contributed by atoms with Gasteiger partial charge >= 0.3 is 0 Å². The molecule has 0 amide bonds. The largest absolute Gasteiger partial charge is 0.417 e. The van der Waals surface area contributed by atoms with E-state index in [0.29, 0.717) is 23.1 Å². The van der Waals surface area contributed by atoms with Gasteiger partial charge in [0.2, 0.25) is 0 Å². The van der Waals surface area contributed by atoms with Crippen molar-refractivity contribution in [1.82, 2.24) is 19.9 Å². The predicted octanol–water partition coefficient (Wildman–Crippen LogP) is 1.29. The van der Waals surface area contributed by atoms with E-state index >= 15 is 0 Å². The summed E-state index contributed by atoms with van der Waals surface area (Å²) < 4.78 is 6.43. The summed E-state index contributed by atoms with van der Waals surface area (Å²) in [6.07, 6.45) is 0. The molecule has 1 aromatic carbocycles. The molecule has 0 fully saturated rings. The molecule has 7 heteroatoms. The van der Waals surface area contributed by atoms with Gasteiger partial charge in [0.1, 0.15) is 18.1 Å². The summed E-state index contributed by atoms with van der Waals surface area (Å²) in [6, 6.07) is 3.65. The number of hydrogen-bond donors (Lipinski definition) is 0. The Bertz CT molecular complexity index is 832. The van der Waals surface area contributed by atoms with Crippen LogP contribution in [0.4, 0.5) is 0 Å². The van der Waals surface area contributed by atoms with Crippen LogP contribution in [0.15, 0.2) is 16.8 Å². The van der Waals surface area contributed by atoms with Gasteiger partial charge in [-0.3, -0.25) is 4.79 Å². The lowest BCUT2D eigenvalue weighted by Crippen LogP contribution is -2.22. The van der Waals surface area contributed by atoms with E-state index in [2.05, 4.69) is 10.3 Å². The first-order valence-electron chi connectivity index (χ1n) is 6.53. The molecule has 2 aromatic heterocycles. The van der Waals surface area contributed by atoms with Crippen molar-refractivity contribution in [3.8, 4) is 0 Å². The van der Waals surface area contributed by atoms with Crippen LogP contribution in [0, 0.1) is 6.92 Å². The number of carbonyl (C=O) groups is 1. The lowest BCUT2D eigenvalue weighted by molar-refractivity contribution is 0.0955. The molecule has 110 valence electrons. The number of Topliss-reactive ketones (excluding diaryl/α,β-unsaturated/α-hetero) is 1. The van der Waals surface area contributed by atoms with Crippen molar-refractivity contribution in [3.05, 3.63) is 23.4 Å². The fourth-order valence-electron chi connectivity index (χ4n) is 2.66. The van der Waals surface area contributed by atoms with E-state index in [9.17, 15) is 4.79 Å². The van der Waals surface area contributed by atoms with E-state index in [1.807, 2.05) is 32.0 Å². The molecule has 0 bridgehead atoms. The first-order valence-corrected chi connectivity index (χ1v) is 6.53. The molecular formula is C14H16N4O3. The zero-order chi connectivity index (χ0) is 15.1. The minimum absolute atomic E-state index is 0.00815. The molecule has 0 radical (unpaired) electrons. The molecule has 3 aromatic rings. The number of rotatable bonds is 4. The Hall–Kier alpha value is -2.41. The fourth-order valence-corrected chi connectivity index (χ4v) is 2.66. The van der Waals surface area contributed by atoms with Gasteiger partial charge < -0.3 is 9.74 Å². The summed E-state index contributed by atoms with van der Waals surface area (Å²) in [7, 11) is 5.28. The highest BCUT2D eigenvalue weighted by Crippen LogP contribution is 2.31. The van der Waals surface area contributed by atoms with Crippen LogP contribution in [-0.2, 0) is 0 Å². The van der Waals surface area contributed by atoms with Crippen LogP contribution < -0.4 is 4.84 Å². The average Bonchev–Trinajstić information content (AvgIpc) is 2.98. The van der Waals surface area contributed by atoms with Crippen molar-refractivity contribution in [2.24, 2.45) is 0 Å². The van der Waals surface area contributed by atoms with Crippen LogP contribution in [0.25, 0.3) is 21.9 Å². The molecule has 0 unspecified atom stereocenters. The standard InChI is InChI=1S/C14H16N4O3/c1-8-12(11(19)7-17(2)3)13-10(18(8)20-4)6-5-9-14(13)16-21-15-9/h5-6H,7H2,1-4H3. The number of likely N-dealkylation sites (N-methyl/N-ethyl adjacent to an activating group) is 1. The molecule has 21 heavy (non-hydrogen) atoms. The summed E-state index contributed by atoms with van der Waals surface area (Å²) in [6.45, 7) is 2.16. The minimum atomic E-state index is 0.00815. The van der Waals surface area contributed by atoms with E-state index in [4.69, 9.17) is 9.47 Å². The van der Waals surface area contributed by atoms with Gasteiger partial charge in [-0.05, 0) is 43.5 Å². The van der Waals surface area contributed by atoms with Crippen molar-refractivity contribution in [1.29, 1.82) is 0 Å². The Morgan fingerprint density at radius 2 is 2.14 bits per heavy atom. The van der Waals surface area contributed by atoms with Crippen molar-refractivity contribution >= 4 is 27.7 Å². The molecular weight excluding hydrogens is 272 g/mol. The molecule has 0 spiro atoms. The highest BCUT2D eigenvalue weighted by atomic mass is 16.6. The van der Waals surface area contributed by atoms with Crippen LogP contribution in [0.2, 0.25) is 0 Å². The Kier molecular flexibility index (Phi) is 3.13. The van der Waals surface area contributed by atoms with Gasteiger partial charge in [0.25, 0.3) is 0 Å². The van der Waals surface area contributed by atoms with E-state index in [1.54, 1.807) is 17.9 Å². The van der Waals surface area contributed by atoms with Crippen LogP contribution in [0.5, 0.6) is 0 Å². The van der Waals surface area contributed by atoms with Gasteiger partial charge in [-0.25, -0.2) is 4.63 Å². The van der Waals surface area contributed by atoms with E-state index < -0.39 is 0 Å². The maximum atomic E-state index is 12.6. The van der Waals surface area contributed by atoms with Crippen molar-refractivity contribution in [2.75, 3.05) is 27.7 Å². The average molecular weight is 288 g/mol. The lowest BCUT2D eigenvalue weighted by atomic mass is 10.1. The first kappa shape index (κ1) is 13.6. The van der Waals surface area contributed by atoms with Gasteiger partial charge in [-0.2, -0.15) is 4.73 Å². The summed E-state index contributed by atoms with van der Waals surface area (Å²) in [4.78, 5) is 19.8. The van der Waals surface area contributed by atoms with Gasteiger partial charge in [0.05, 0.1) is 23.3 Å². The highest BCUT2D eigenvalue weighted by molar-refractivity contribution is 6.17. The van der Waals surface area contributed by atoms with Gasteiger partial charge in [-0.1, -0.05) is 0 Å². The molecule has 0 saturated carbocycles. The molecule has 0 aliphatic carbocycles. The quantitative estimate of drug-likeness (QED) is 0.673. The molecule has 0 atom stereocenters. The van der Waals surface area contributed by atoms with Gasteiger partial charge in [0, 0.05) is 5.39 Å². The summed E-state index contributed by atoms with van der Waals surface area (Å²) in [5.41, 5.74) is 3.32. The van der Waals surface area contributed by atoms with Gasteiger partial charge in [-0.15, -0.1) is 0 Å². The number of ketones is 1. The molecule has 0 saturated heterocycles. The molecule has 0 aliphatic heterocycles. The highest BCUT2D eigenvalue weighted by Gasteiger charge is 2.24.